The first-order chi connectivity index (χ1) is 19.4. The van der Waals surface area contributed by atoms with Gasteiger partial charge in [-0.3, -0.25) is 19.8 Å². The second kappa shape index (κ2) is 12.6. The van der Waals surface area contributed by atoms with Gasteiger partial charge in [0.1, 0.15) is 0 Å². The number of hydrogen-bond donors (Lipinski definition) is 2. The van der Waals surface area contributed by atoms with Crippen molar-refractivity contribution in [3.8, 4) is 0 Å². The number of non-ortho nitro benzene ring substituents is 1. The molecule has 5 rings (SSSR count). The molecule has 2 N–H and O–H groups in total. The Morgan fingerprint density at radius 2 is 1.73 bits per heavy atom. The van der Waals surface area contributed by atoms with E-state index in [1.54, 1.807) is 12.1 Å². The van der Waals surface area contributed by atoms with Crippen LogP contribution in [-0.2, 0) is 20.9 Å². The minimum atomic E-state index is -0.601. The van der Waals surface area contributed by atoms with E-state index in [2.05, 4.69) is 15.1 Å². The second-order valence-electron chi connectivity index (χ2n) is 10.2. The molecular weight excluding hydrogens is 512 g/mol. The highest BCUT2D eigenvalue weighted by atomic mass is 16.7. The van der Waals surface area contributed by atoms with E-state index >= 15 is 0 Å². The maximum atomic E-state index is 11.6. The van der Waals surface area contributed by atoms with Gasteiger partial charge in [0.2, 0.25) is 5.91 Å². The van der Waals surface area contributed by atoms with Gasteiger partial charge in [-0.15, -0.1) is 0 Å². The fourth-order valence-electron chi connectivity index (χ4n) is 5.26. The fraction of sp³-hybridized carbons (Fsp3) is 0.367. The van der Waals surface area contributed by atoms with Crippen LogP contribution in [0.25, 0.3) is 0 Å². The molecule has 10 nitrogen and oxygen atoms in total. The molecule has 3 aromatic carbocycles. The monoisotopic (exact) mass is 546 g/mol. The molecule has 2 aliphatic rings. The number of nitrogens with one attached hydrogen (secondary N) is 1. The predicted octanol–water partition coefficient (Wildman–Crippen LogP) is 4.41. The van der Waals surface area contributed by atoms with Gasteiger partial charge in [0.25, 0.3) is 5.69 Å². The molecule has 3 atom stereocenters. The van der Waals surface area contributed by atoms with Crippen LogP contribution < -0.4 is 10.2 Å². The molecule has 10 heteroatoms. The molecule has 2 saturated heterocycles. The smallest absolute Gasteiger partial charge is 0.269 e. The van der Waals surface area contributed by atoms with Gasteiger partial charge in [0.15, 0.2) is 6.29 Å². The van der Waals surface area contributed by atoms with Crippen molar-refractivity contribution < 1.29 is 24.3 Å². The highest BCUT2D eigenvalue weighted by molar-refractivity contribution is 5.88. The first-order valence-electron chi connectivity index (χ1n) is 13.5. The first-order valence-corrected chi connectivity index (χ1v) is 13.5. The largest absolute Gasteiger partial charge is 0.392 e. The van der Waals surface area contributed by atoms with Crippen molar-refractivity contribution in [2.45, 2.75) is 38.4 Å². The third kappa shape index (κ3) is 6.83. The number of anilines is 2. The zero-order valence-corrected chi connectivity index (χ0v) is 22.4. The van der Waals surface area contributed by atoms with Gasteiger partial charge >= 0.3 is 0 Å². The van der Waals surface area contributed by atoms with Crippen LogP contribution in [0.2, 0.25) is 0 Å². The van der Waals surface area contributed by atoms with Crippen LogP contribution in [0, 0.1) is 10.1 Å². The summed E-state index contributed by atoms with van der Waals surface area (Å²) in [4.78, 5) is 26.8. The van der Waals surface area contributed by atoms with Crippen LogP contribution in [0.1, 0.15) is 42.4 Å². The minimum Gasteiger partial charge on any atom is -0.392 e. The summed E-state index contributed by atoms with van der Waals surface area (Å²) in [6.45, 7) is 5.52. The van der Waals surface area contributed by atoms with E-state index in [0.29, 0.717) is 12.1 Å². The number of nitrogens with zero attached hydrogens (tertiary/aromatic N) is 3. The van der Waals surface area contributed by atoms with E-state index in [4.69, 9.17) is 9.47 Å². The highest BCUT2D eigenvalue weighted by Gasteiger charge is 2.34. The predicted molar refractivity (Wildman–Crippen MR) is 151 cm³/mol. The maximum absolute atomic E-state index is 11.6. The van der Waals surface area contributed by atoms with Crippen molar-refractivity contribution in [1.82, 2.24) is 4.90 Å². The van der Waals surface area contributed by atoms with E-state index in [1.807, 2.05) is 60.7 Å². The average molecular weight is 547 g/mol. The summed E-state index contributed by atoms with van der Waals surface area (Å²) in [5, 5.41) is 23.2. The average Bonchev–Trinajstić information content (AvgIpc) is 2.97. The van der Waals surface area contributed by atoms with E-state index in [0.717, 1.165) is 55.1 Å². The third-order valence-corrected chi connectivity index (χ3v) is 7.35. The summed E-state index contributed by atoms with van der Waals surface area (Å²) in [5.74, 6) is -0.143. The number of benzene rings is 3. The molecule has 1 amide bonds. The molecule has 2 heterocycles. The van der Waals surface area contributed by atoms with Gasteiger partial charge in [-0.2, -0.15) is 0 Å². The quantitative estimate of drug-likeness (QED) is 0.315. The lowest BCUT2D eigenvalue weighted by molar-refractivity contribution is -0.384. The molecule has 0 saturated carbocycles. The van der Waals surface area contributed by atoms with Gasteiger partial charge in [0, 0.05) is 75.1 Å². The lowest BCUT2D eigenvalue weighted by atomic mass is 9.99. The summed E-state index contributed by atoms with van der Waals surface area (Å²) >= 11 is 0. The summed E-state index contributed by atoms with van der Waals surface area (Å²) in [6.07, 6.45) is -0.196. The van der Waals surface area contributed by atoms with Crippen molar-refractivity contribution in [1.29, 1.82) is 0 Å². The Morgan fingerprint density at radius 1 is 1.00 bits per heavy atom. The van der Waals surface area contributed by atoms with Gasteiger partial charge in [-0.25, -0.2) is 0 Å². The van der Waals surface area contributed by atoms with E-state index in [9.17, 15) is 20.0 Å². The Kier molecular flexibility index (Phi) is 8.71. The van der Waals surface area contributed by atoms with Gasteiger partial charge in [-0.1, -0.05) is 36.4 Å². The van der Waals surface area contributed by atoms with Crippen LogP contribution in [0.3, 0.4) is 0 Å². The van der Waals surface area contributed by atoms with Crippen LogP contribution in [0.5, 0.6) is 0 Å². The van der Waals surface area contributed by atoms with Crippen LogP contribution in [0.4, 0.5) is 17.1 Å². The van der Waals surface area contributed by atoms with E-state index < -0.39 is 6.29 Å². The highest BCUT2D eigenvalue weighted by Crippen LogP contribution is 2.38. The molecule has 0 aromatic heterocycles. The molecule has 0 radical (unpaired) electrons. The van der Waals surface area contributed by atoms with Crippen molar-refractivity contribution in [3.63, 3.8) is 0 Å². The number of aliphatic hydroxyl groups is 1. The van der Waals surface area contributed by atoms with Gasteiger partial charge < -0.3 is 24.8 Å². The van der Waals surface area contributed by atoms with E-state index in [-0.39, 0.29) is 35.3 Å². The van der Waals surface area contributed by atoms with Crippen LogP contribution >= 0.6 is 0 Å². The lowest BCUT2D eigenvalue weighted by Gasteiger charge is -2.41. The fourth-order valence-corrected chi connectivity index (χ4v) is 5.26. The second-order valence-corrected chi connectivity index (χ2v) is 10.2. The number of amides is 1. The normalized spacial score (nSPS) is 21.6. The number of carbonyl (C=O) groups excluding carboxylic acids is 1. The number of rotatable bonds is 8. The molecule has 210 valence electrons. The topological polar surface area (TPSA) is 117 Å². The van der Waals surface area contributed by atoms with Crippen molar-refractivity contribution in [3.05, 3.63) is 99.6 Å². The molecule has 0 unspecified atom stereocenters. The summed E-state index contributed by atoms with van der Waals surface area (Å²) < 4.78 is 12.9. The number of nitro groups is 1. The number of aliphatic hydroxyl groups excluding tert-OH is 1. The summed E-state index contributed by atoms with van der Waals surface area (Å²) in [5.41, 5.74) is 4.46. The summed E-state index contributed by atoms with van der Waals surface area (Å²) in [6, 6.07) is 22.0. The Labute approximate surface area is 233 Å². The van der Waals surface area contributed by atoms with Gasteiger partial charge in [0.05, 0.1) is 23.7 Å². The molecule has 2 fully saturated rings. The zero-order valence-electron chi connectivity index (χ0n) is 22.4. The SMILES string of the molecule is CC(=O)Nc1cccc([C@@H]2O[C@H](CN3CCN(c4ccc([N+](=O)[O-])cc4)CC3)C[C@H](c3ccc(CO)cc3)O2)c1. The maximum Gasteiger partial charge on any atom is 0.269 e. The Bertz CT molecular complexity index is 1310. The number of piperazine rings is 1. The standard InChI is InChI=1S/C30H34N4O6/c1-21(36)31-25-4-2-3-24(17-25)30-39-28(18-29(40-30)23-7-5-22(20-35)6-8-23)19-32-13-15-33(16-14-32)26-9-11-27(12-10-26)34(37)38/h2-12,17,28-30,35H,13-16,18-20H2,1H3,(H,31,36)/t28-,29+,30+/m0/s1. The number of nitro benzene ring substituents is 1. The third-order valence-electron chi connectivity index (χ3n) is 7.35. The van der Waals surface area contributed by atoms with Gasteiger partial charge in [-0.05, 0) is 35.4 Å². The minimum absolute atomic E-state index is 0.0119. The molecule has 40 heavy (non-hydrogen) atoms. The van der Waals surface area contributed by atoms with Crippen LogP contribution in [0.15, 0.2) is 72.8 Å². The Morgan fingerprint density at radius 3 is 2.38 bits per heavy atom. The molecular formula is C30H34N4O6. The lowest BCUT2D eigenvalue weighted by Crippen LogP contribution is -2.49. The number of hydrogen-bond acceptors (Lipinski definition) is 8. The van der Waals surface area contributed by atoms with Crippen molar-refractivity contribution in [2.24, 2.45) is 0 Å². The molecule has 2 aliphatic heterocycles. The Balaban J connectivity index is 1.27. The molecule has 0 spiro atoms. The first kappa shape index (κ1) is 27.7. The van der Waals surface area contributed by atoms with Crippen molar-refractivity contribution >= 4 is 23.0 Å². The van der Waals surface area contributed by atoms with Crippen LogP contribution in [-0.4, -0.2) is 59.7 Å². The van der Waals surface area contributed by atoms with Crippen molar-refractivity contribution in [2.75, 3.05) is 42.9 Å². The summed E-state index contributed by atoms with van der Waals surface area (Å²) in [7, 11) is 0. The zero-order chi connectivity index (χ0) is 28.1. The molecule has 3 aromatic rings. The number of carbonyl (C=O) groups is 1. The number of ether oxygens (including phenoxy) is 2. The molecule has 0 bridgehead atoms. The molecule has 0 aliphatic carbocycles. The Hall–Kier alpha value is -3.83. The van der Waals surface area contributed by atoms with E-state index in [1.165, 1.54) is 6.92 Å².